The molecule has 4 rings (SSSR count). The summed E-state index contributed by atoms with van der Waals surface area (Å²) in [5, 5.41) is 0.104. The summed E-state index contributed by atoms with van der Waals surface area (Å²) in [4.78, 5) is 17.2. The summed E-state index contributed by atoms with van der Waals surface area (Å²) in [5.41, 5.74) is 3.60. The predicted molar refractivity (Wildman–Crippen MR) is 118 cm³/mol. The number of nitrogens with zero attached hydrogens (tertiary/aromatic N) is 2. The zero-order valence-electron chi connectivity index (χ0n) is 16.3. The lowest BCUT2D eigenvalue weighted by Gasteiger charge is -2.30. The van der Waals surface area contributed by atoms with Crippen LogP contribution in [-0.4, -0.2) is 53.0 Å². The van der Waals surface area contributed by atoms with Gasteiger partial charge in [-0.05, 0) is 48.7 Å². The molecule has 0 radical (unpaired) electrons. The monoisotopic (exact) mass is 392 g/mol. The quantitative estimate of drug-likeness (QED) is 0.723. The zero-order chi connectivity index (χ0) is 19.2. The first-order chi connectivity index (χ1) is 13.8. The van der Waals surface area contributed by atoms with Crippen molar-refractivity contribution in [2.75, 3.05) is 31.9 Å². The molecule has 0 saturated carbocycles. The first-order valence-electron chi connectivity index (χ1n) is 10.3. The average Bonchev–Trinajstić information content (AvgIpc) is 3.11. The van der Waals surface area contributed by atoms with E-state index in [1.54, 1.807) is 11.8 Å². The van der Waals surface area contributed by atoms with E-state index in [1.807, 2.05) is 12.1 Å². The summed E-state index contributed by atoms with van der Waals surface area (Å²) in [6.45, 7) is 4.16. The fourth-order valence-corrected chi connectivity index (χ4v) is 5.15. The standard InChI is InChI=1S/C24H28N2OS/c27-23-19-28-24(26(23)17-16-25-14-8-3-9-15-25)18-22(20-10-4-1-5-11-20)21-12-6-2-7-13-21/h1-2,4-7,10-13,18,24H,3,8-9,14-17,19H2/t24-/m1/s1. The van der Waals surface area contributed by atoms with Crippen LogP contribution in [0.4, 0.5) is 0 Å². The number of benzene rings is 2. The van der Waals surface area contributed by atoms with Crippen LogP contribution >= 0.6 is 11.8 Å². The molecule has 3 nitrogen and oxygen atoms in total. The van der Waals surface area contributed by atoms with Gasteiger partial charge < -0.3 is 9.80 Å². The molecule has 146 valence electrons. The van der Waals surface area contributed by atoms with Gasteiger partial charge in [0, 0.05) is 13.1 Å². The molecule has 2 fully saturated rings. The van der Waals surface area contributed by atoms with E-state index in [0.29, 0.717) is 5.75 Å². The molecule has 2 saturated heterocycles. The third kappa shape index (κ3) is 4.68. The van der Waals surface area contributed by atoms with Crippen molar-refractivity contribution in [2.45, 2.75) is 24.6 Å². The number of amides is 1. The van der Waals surface area contributed by atoms with Crippen molar-refractivity contribution in [1.29, 1.82) is 0 Å². The van der Waals surface area contributed by atoms with Gasteiger partial charge in [-0.1, -0.05) is 67.1 Å². The summed E-state index contributed by atoms with van der Waals surface area (Å²) in [6, 6.07) is 21.0. The van der Waals surface area contributed by atoms with Gasteiger partial charge in [-0.3, -0.25) is 4.79 Å². The van der Waals surface area contributed by atoms with E-state index in [9.17, 15) is 4.79 Å². The highest BCUT2D eigenvalue weighted by molar-refractivity contribution is 8.01. The third-order valence-corrected chi connectivity index (χ3v) is 6.74. The van der Waals surface area contributed by atoms with Gasteiger partial charge in [-0.2, -0.15) is 0 Å². The van der Waals surface area contributed by atoms with Gasteiger partial charge in [-0.15, -0.1) is 11.8 Å². The first kappa shape index (κ1) is 19.3. The lowest BCUT2D eigenvalue weighted by atomic mass is 9.97. The van der Waals surface area contributed by atoms with E-state index in [1.165, 1.54) is 49.1 Å². The van der Waals surface area contributed by atoms with Crippen molar-refractivity contribution in [3.63, 3.8) is 0 Å². The predicted octanol–water partition coefficient (Wildman–Crippen LogP) is 4.51. The van der Waals surface area contributed by atoms with Crippen LogP contribution in [0.15, 0.2) is 66.7 Å². The van der Waals surface area contributed by atoms with Gasteiger partial charge in [0.2, 0.25) is 5.91 Å². The molecule has 2 heterocycles. The first-order valence-corrected chi connectivity index (χ1v) is 11.3. The molecule has 0 spiro atoms. The summed E-state index contributed by atoms with van der Waals surface area (Å²) >= 11 is 1.74. The highest BCUT2D eigenvalue weighted by atomic mass is 32.2. The Morgan fingerprint density at radius 1 is 0.893 bits per heavy atom. The van der Waals surface area contributed by atoms with Crippen molar-refractivity contribution in [2.24, 2.45) is 0 Å². The van der Waals surface area contributed by atoms with Crippen molar-refractivity contribution < 1.29 is 4.79 Å². The van der Waals surface area contributed by atoms with E-state index >= 15 is 0 Å². The Balaban J connectivity index is 1.56. The van der Waals surface area contributed by atoms with Crippen molar-refractivity contribution in [3.05, 3.63) is 77.9 Å². The molecule has 1 atom stereocenters. The van der Waals surface area contributed by atoms with Gasteiger partial charge in [0.05, 0.1) is 11.1 Å². The second-order valence-electron chi connectivity index (χ2n) is 7.50. The van der Waals surface area contributed by atoms with Crippen LogP contribution in [0, 0.1) is 0 Å². The van der Waals surface area contributed by atoms with Crippen LogP contribution in [0.25, 0.3) is 5.57 Å². The molecule has 1 amide bonds. The summed E-state index contributed by atoms with van der Waals surface area (Å²) < 4.78 is 0. The molecule has 0 N–H and O–H groups in total. The highest BCUT2D eigenvalue weighted by Crippen LogP contribution is 2.31. The number of carbonyl (C=O) groups excluding carboxylic acids is 1. The maximum atomic E-state index is 12.6. The summed E-state index contributed by atoms with van der Waals surface area (Å²) in [6.07, 6.45) is 6.21. The Kier molecular flexibility index (Phi) is 6.50. The number of likely N-dealkylation sites (tertiary alicyclic amines) is 1. The van der Waals surface area contributed by atoms with Gasteiger partial charge >= 0.3 is 0 Å². The van der Waals surface area contributed by atoms with Crippen molar-refractivity contribution in [3.8, 4) is 0 Å². The number of carbonyl (C=O) groups is 1. The molecule has 0 unspecified atom stereocenters. The number of piperidine rings is 1. The van der Waals surface area contributed by atoms with E-state index in [-0.39, 0.29) is 11.3 Å². The number of hydrogen-bond acceptors (Lipinski definition) is 3. The van der Waals surface area contributed by atoms with Gasteiger partial charge in [0.1, 0.15) is 0 Å². The minimum atomic E-state index is 0.104. The van der Waals surface area contributed by atoms with E-state index in [0.717, 1.165) is 13.1 Å². The van der Waals surface area contributed by atoms with Gasteiger partial charge in [-0.25, -0.2) is 0 Å². The van der Waals surface area contributed by atoms with Crippen LogP contribution in [0.3, 0.4) is 0 Å². The minimum Gasteiger partial charge on any atom is -0.325 e. The van der Waals surface area contributed by atoms with E-state index in [2.05, 4.69) is 64.4 Å². The average molecular weight is 393 g/mol. The minimum absolute atomic E-state index is 0.104. The molecule has 2 aromatic carbocycles. The molecule has 0 bridgehead atoms. The van der Waals surface area contributed by atoms with Gasteiger partial charge in [0.25, 0.3) is 0 Å². The SMILES string of the molecule is O=C1CS[C@H](C=C(c2ccccc2)c2ccccc2)N1CCN1CCCCC1. The second-order valence-corrected chi connectivity index (χ2v) is 8.61. The topological polar surface area (TPSA) is 23.6 Å². The lowest BCUT2D eigenvalue weighted by molar-refractivity contribution is -0.127. The Labute approximate surface area is 172 Å². The largest absolute Gasteiger partial charge is 0.325 e. The Bertz CT molecular complexity index is 758. The highest BCUT2D eigenvalue weighted by Gasteiger charge is 2.31. The fraction of sp³-hybridized carbons (Fsp3) is 0.375. The molecule has 2 aromatic rings. The Morgan fingerprint density at radius 2 is 1.50 bits per heavy atom. The normalized spacial score (nSPS) is 20.4. The molecule has 2 aliphatic rings. The number of thioether (sulfide) groups is 1. The Hall–Kier alpha value is -2.04. The number of rotatable bonds is 6. The molecule has 0 aromatic heterocycles. The molecule has 4 heteroatoms. The summed E-state index contributed by atoms with van der Waals surface area (Å²) in [5.74, 6) is 0.849. The maximum absolute atomic E-state index is 12.6. The van der Waals surface area contributed by atoms with Crippen molar-refractivity contribution >= 4 is 23.2 Å². The second kappa shape index (κ2) is 9.44. The smallest absolute Gasteiger partial charge is 0.233 e. The van der Waals surface area contributed by atoms with E-state index in [4.69, 9.17) is 0 Å². The molecule has 28 heavy (non-hydrogen) atoms. The van der Waals surface area contributed by atoms with E-state index < -0.39 is 0 Å². The van der Waals surface area contributed by atoms with Crippen LogP contribution in [0.5, 0.6) is 0 Å². The molecule has 2 aliphatic heterocycles. The van der Waals surface area contributed by atoms with Gasteiger partial charge in [0.15, 0.2) is 0 Å². The zero-order valence-corrected chi connectivity index (χ0v) is 17.1. The van der Waals surface area contributed by atoms with Crippen LogP contribution < -0.4 is 0 Å². The van der Waals surface area contributed by atoms with Crippen LogP contribution in [0.2, 0.25) is 0 Å². The Morgan fingerprint density at radius 3 is 2.11 bits per heavy atom. The number of hydrogen-bond donors (Lipinski definition) is 0. The molecule has 0 aliphatic carbocycles. The van der Waals surface area contributed by atoms with Crippen LogP contribution in [0.1, 0.15) is 30.4 Å². The third-order valence-electron chi connectivity index (χ3n) is 5.59. The fourth-order valence-electron chi connectivity index (χ4n) is 4.03. The molecular weight excluding hydrogens is 364 g/mol. The maximum Gasteiger partial charge on any atom is 0.233 e. The molecular formula is C24H28N2OS. The van der Waals surface area contributed by atoms with Crippen LogP contribution in [-0.2, 0) is 4.79 Å². The lowest BCUT2D eigenvalue weighted by Crippen LogP contribution is -2.41. The van der Waals surface area contributed by atoms with Crippen molar-refractivity contribution in [1.82, 2.24) is 9.80 Å². The summed E-state index contributed by atoms with van der Waals surface area (Å²) in [7, 11) is 0.